The lowest BCUT2D eigenvalue weighted by atomic mass is 10.1. The number of benzene rings is 2. The van der Waals surface area contributed by atoms with Crippen LogP contribution in [0.3, 0.4) is 0 Å². The van der Waals surface area contributed by atoms with Crippen LogP contribution >= 0.6 is 11.6 Å². The number of ether oxygens (including phenoxy) is 8. The number of aromatic nitrogens is 6. The van der Waals surface area contributed by atoms with Gasteiger partial charge in [-0.2, -0.15) is 0 Å². The third-order valence-corrected chi connectivity index (χ3v) is 17.0. The van der Waals surface area contributed by atoms with E-state index < -0.39 is 0 Å². The second-order valence-electron chi connectivity index (χ2n) is 23.4. The Morgan fingerprint density at radius 3 is 1.48 bits per heavy atom. The Hall–Kier alpha value is -7.87. The molecule has 10 heterocycles. The fourth-order valence-corrected chi connectivity index (χ4v) is 11.8. The first-order valence-electron chi connectivity index (χ1n) is 33.1. The number of nitrogens with one attached hydrogen (secondary N) is 1. The molecule has 4 saturated heterocycles. The van der Waals surface area contributed by atoms with Gasteiger partial charge in [0.1, 0.15) is 45.9 Å². The molecule has 0 bridgehead atoms. The lowest BCUT2D eigenvalue weighted by molar-refractivity contribution is 0.0357. The summed E-state index contributed by atoms with van der Waals surface area (Å²) in [6, 6.07) is 25.0. The van der Waals surface area contributed by atoms with Crippen molar-refractivity contribution in [3.8, 4) is 34.5 Å². The summed E-state index contributed by atoms with van der Waals surface area (Å²) in [5.41, 5.74) is 5.67. The molecule has 0 saturated carbocycles. The number of morpholine rings is 2. The fraction of sp³-hybridized carbons (Fsp3) is 0.444. The number of aliphatic hydroxyl groups is 2. The second kappa shape index (κ2) is 36.9. The SMILES string of the molecule is CCOC1CCN(c2ccnc(C(=O)Cc3ccc(Oc4ccnc5cc(OCCCN6CCOCC6)c(CO)cc45)cn3)c2)CC1.CCOC1CCNCC1.O=C(Cc1ccc(Oc2ccnc3cc(OCCCN4CCOCC4)c(CO)cc23)cn1)c1cc(Cl)ccn1. The van der Waals surface area contributed by atoms with Crippen molar-refractivity contribution in [2.75, 3.05) is 123 Å². The van der Waals surface area contributed by atoms with E-state index in [4.69, 9.17) is 49.5 Å². The number of Topliss-reactive ketones (excluding diaryl/α,β-unsaturated/α-hetero) is 2. The molecule has 12 rings (SSSR count). The number of halogens is 1. The number of aliphatic hydroxyl groups excluding tert-OH is 2. The number of hydrogen-bond acceptors (Lipinski definition) is 22. The van der Waals surface area contributed by atoms with Crippen LogP contribution in [0.15, 0.2) is 122 Å². The maximum Gasteiger partial charge on any atom is 0.187 e. The monoisotopic (exact) mass is 1320 g/mol. The minimum absolute atomic E-state index is 0.0898. The van der Waals surface area contributed by atoms with Gasteiger partial charge in [0.05, 0.1) is 101 Å². The van der Waals surface area contributed by atoms with Gasteiger partial charge in [-0.25, -0.2) is 0 Å². The predicted octanol–water partition coefficient (Wildman–Crippen LogP) is 10.1. The molecule has 504 valence electrons. The van der Waals surface area contributed by atoms with E-state index in [1.807, 2.05) is 43.3 Å². The number of fused-ring (bicyclic) bond motifs is 2. The summed E-state index contributed by atoms with van der Waals surface area (Å²) < 4.78 is 46.4. The molecule has 95 heavy (non-hydrogen) atoms. The van der Waals surface area contributed by atoms with E-state index in [1.165, 1.54) is 19.0 Å². The van der Waals surface area contributed by atoms with Gasteiger partial charge in [0.25, 0.3) is 0 Å². The van der Waals surface area contributed by atoms with E-state index in [0.717, 1.165) is 147 Å². The van der Waals surface area contributed by atoms with Gasteiger partial charge in [-0.05, 0) is 138 Å². The van der Waals surface area contributed by atoms with Crippen LogP contribution in [0, 0.1) is 0 Å². The van der Waals surface area contributed by atoms with E-state index in [1.54, 1.807) is 79.5 Å². The van der Waals surface area contributed by atoms with Gasteiger partial charge in [-0.1, -0.05) is 11.6 Å². The van der Waals surface area contributed by atoms with E-state index >= 15 is 0 Å². The van der Waals surface area contributed by atoms with Crippen LogP contribution < -0.4 is 29.2 Å². The van der Waals surface area contributed by atoms with Crippen molar-refractivity contribution in [1.82, 2.24) is 45.0 Å². The zero-order valence-electron chi connectivity index (χ0n) is 54.4. The molecule has 4 fully saturated rings. The molecule has 0 spiro atoms. The van der Waals surface area contributed by atoms with Crippen LogP contribution in [0.1, 0.15) is 95.9 Å². The Kier molecular flexibility index (Phi) is 27.1. The maximum absolute atomic E-state index is 13.1. The number of pyridine rings is 6. The van der Waals surface area contributed by atoms with E-state index in [9.17, 15) is 19.8 Å². The van der Waals surface area contributed by atoms with Crippen molar-refractivity contribution in [3.05, 3.63) is 161 Å². The van der Waals surface area contributed by atoms with Crippen LogP contribution in [-0.2, 0) is 45.0 Å². The molecule has 8 aromatic rings. The topological polar surface area (TPSA) is 248 Å². The van der Waals surface area contributed by atoms with Gasteiger partial charge in [0, 0.05) is 146 Å². The van der Waals surface area contributed by atoms with Gasteiger partial charge in [0.2, 0.25) is 0 Å². The number of nitrogens with zero attached hydrogens (tertiary/aromatic N) is 9. The van der Waals surface area contributed by atoms with Gasteiger partial charge in [-0.3, -0.25) is 49.3 Å². The normalized spacial score (nSPS) is 15.7. The fourth-order valence-electron chi connectivity index (χ4n) is 11.6. The Morgan fingerprint density at radius 1 is 0.547 bits per heavy atom. The summed E-state index contributed by atoms with van der Waals surface area (Å²) in [7, 11) is 0. The van der Waals surface area contributed by atoms with Gasteiger partial charge < -0.3 is 58.3 Å². The van der Waals surface area contributed by atoms with Crippen molar-refractivity contribution in [2.24, 2.45) is 0 Å². The summed E-state index contributed by atoms with van der Waals surface area (Å²) in [5, 5.41) is 25.4. The van der Waals surface area contributed by atoms with E-state index in [0.29, 0.717) is 110 Å². The van der Waals surface area contributed by atoms with E-state index in [2.05, 4.69) is 56.8 Å². The Labute approximate surface area is 560 Å². The highest BCUT2D eigenvalue weighted by atomic mass is 35.5. The highest BCUT2D eigenvalue weighted by Gasteiger charge is 2.22. The van der Waals surface area contributed by atoms with Crippen molar-refractivity contribution < 1.29 is 57.7 Å². The maximum atomic E-state index is 13.1. The van der Waals surface area contributed by atoms with Crippen molar-refractivity contribution in [3.63, 3.8) is 0 Å². The first kappa shape index (κ1) is 69.9. The molecule has 3 N–H and O–H groups in total. The van der Waals surface area contributed by atoms with Gasteiger partial charge in [-0.15, -0.1) is 0 Å². The molecule has 4 aliphatic heterocycles. The van der Waals surface area contributed by atoms with E-state index in [-0.39, 0.29) is 37.6 Å². The number of carbonyl (C=O) groups is 2. The Morgan fingerprint density at radius 2 is 1.02 bits per heavy atom. The van der Waals surface area contributed by atoms with Crippen LogP contribution in [0.5, 0.6) is 34.5 Å². The van der Waals surface area contributed by atoms with Crippen LogP contribution in [0.25, 0.3) is 21.8 Å². The lowest BCUT2D eigenvalue weighted by Gasteiger charge is -2.33. The average Bonchev–Trinajstić information content (AvgIpc) is 0.895. The number of hydrogen-bond donors (Lipinski definition) is 3. The third kappa shape index (κ3) is 21.1. The molecule has 2 aromatic carbocycles. The van der Waals surface area contributed by atoms with Crippen LogP contribution in [0.4, 0.5) is 5.69 Å². The summed E-state index contributed by atoms with van der Waals surface area (Å²) in [5.74, 6) is 3.16. The minimum atomic E-state index is -0.172. The Bertz CT molecular complexity index is 3700. The summed E-state index contributed by atoms with van der Waals surface area (Å²) >= 11 is 5.96. The van der Waals surface area contributed by atoms with Crippen molar-refractivity contribution in [1.29, 1.82) is 0 Å². The molecular weight excluding hydrogens is 1230 g/mol. The number of rotatable bonds is 27. The molecule has 0 atom stereocenters. The van der Waals surface area contributed by atoms with Gasteiger partial charge >= 0.3 is 0 Å². The van der Waals surface area contributed by atoms with Crippen molar-refractivity contribution >= 4 is 50.7 Å². The molecule has 23 heteroatoms. The number of ketones is 2. The molecule has 0 amide bonds. The zero-order chi connectivity index (χ0) is 66.0. The molecule has 4 aliphatic rings. The molecule has 22 nitrogen and oxygen atoms in total. The summed E-state index contributed by atoms with van der Waals surface area (Å²) in [4.78, 5) is 58.9. The highest BCUT2D eigenvalue weighted by molar-refractivity contribution is 6.30. The zero-order valence-corrected chi connectivity index (χ0v) is 55.1. The smallest absolute Gasteiger partial charge is 0.187 e. The molecule has 0 aliphatic carbocycles. The first-order chi connectivity index (χ1) is 46.6. The Balaban J connectivity index is 0.000000185. The quantitative estimate of drug-likeness (QED) is 0.0320. The number of piperidine rings is 2. The highest BCUT2D eigenvalue weighted by Crippen LogP contribution is 2.36. The summed E-state index contributed by atoms with van der Waals surface area (Å²) in [6.45, 7) is 19.3. The lowest BCUT2D eigenvalue weighted by Crippen LogP contribution is -2.37. The molecular formula is C72H87ClN10O12. The first-order valence-corrected chi connectivity index (χ1v) is 33.5. The number of carbonyl (C=O) groups excluding carboxylic acids is 2. The predicted molar refractivity (Wildman–Crippen MR) is 363 cm³/mol. The second-order valence-corrected chi connectivity index (χ2v) is 23.8. The molecule has 0 radical (unpaired) electrons. The van der Waals surface area contributed by atoms with Crippen molar-refractivity contribution in [2.45, 2.75) is 90.6 Å². The largest absolute Gasteiger partial charge is 0.493 e. The summed E-state index contributed by atoms with van der Waals surface area (Å²) in [6.07, 6.45) is 16.9. The third-order valence-electron chi connectivity index (χ3n) is 16.7. The minimum Gasteiger partial charge on any atom is -0.493 e. The van der Waals surface area contributed by atoms with Gasteiger partial charge in [0.15, 0.2) is 11.6 Å². The molecule has 6 aromatic heterocycles. The number of anilines is 1. The van der Waals surface area contributed by atoms with Crippen LogP contribution in [0.2, 0.25) is 5.02 Å². The molecule has 0 unspecified atom stereocenters. The standard InChI is InChI=1S/C36H43N5O6.C29H29ClN4O5.C7H15NO/c1-2-45-29-8-13-41(14-9-29)28-6-10-38-33(22-28)34(43)21-27-4-5-30(24-39-27)47-35-7-11-37-32-23-36(26(25-42)20-31(32)35)46-17-3-12-40-15-18-44-19-16-40;30-21-4-6-32-26(15-21)27(36)16-22-2-3-23(18-33-22)39-28-5-7-31-25-17-29(20(19-35)14-24(25)28)38-11-1-8-34-9-12-37-13-10-34;1-2-9-7-3-5-8-6-4-7/h4-7,10-11,20,22-24,29,42H,2-3,8-9,12-19,21,25H2,1H3;2-7,14-15,17-18,35H,1,8-13,16,19H2;7-8H,2-6H2,1H3. The average molecular weight is 1320 g/mol. The van der Waals surface area contributed by atoms with Crippen LogP contribution in [-0.4, -0.2) is 192 Å².